The number of amides is 2. The highest BCUT2D eigenvalue weighted by atomic mass is 32.2. The van der Waals surface area contributed by atoms with Crippen LogP contribution >= 0.6 is 0 Å². The maximum Gasteiger partial charge on any atom is 0.250 e. The SMILES string of the molecule is CCCCS(=O)(=O)N1CCC(C(=O)Nc2cc(OC)c(OC)cc2C(N)=O)CC1. The molecule has 10 heteroatoms. The van der Waals surface area contributed by atoms with Gasteiger partial charge in [0.05, 0.1) is 31.2 Å². The molecule has 3 N–H and O–H groups in total. The van der Waals surface area contributed by atoms with E-state index < -0.39 is 15.9 Å². The summed E-state index contributed by atoms with van der Waals surface area (Å²) in [6.45, 7) is 2.55. The van der Waals surface area contributed by atoms with Gasteiger partial charge >= 0.3 is 0 Å². The van der Waals surface area contributed by atoms with Gasteiger partial charge in [0.2, 0.25) is 15.9 Å². The van der Waals surface area contributed by atoms with Crippen LogP contribution in [0.2, 0.25) is 0 Å². The van der Waals surface area contributed by atoms with Crippen molar-refractivity contribution in [2.45, 2.75) is 32.6 Å². The third-order valence-electron chi connectivity index (χ3n) is 5.02. The Kier molecular flexibility index (Phi) is 7.86. The predicted molar refractivity (Wildman–Crippen MR) is 110 cm³/mol. The minimum atomic E-state index is -3.28. The van der Waals surface area contributed by atoms with Crippen molar-refractivity contribution in [1.82, 2.24) is 4.31 Å². The zero-order valence-corrected chi connectivity index (χ0v) is 17.9. The van der Waals surface area contributed by atoms with Crippen molar-refractivity contribution in [1.29, 1.82) is 0 Å². The summed E-state index contributed by atoms with van der Waals surface area (Å²) in [6.07, 6.45) is 2.26. The normalized spacial score (nSPS) is 15.7. The monoisotopic (exact) mass is 427 g/mol. The summed E-state index contributed by atoms with van der Waals surface area (Å²) in [7, 11) is -0.398. The van der Waals surface area contributed by atoms with Crippen LogP contribution in [0.25, 0.3) is 0 Å². The number of ether oxygens (including phenoxy) is 2. The average molecular weight is 428 g/mol. The van der Waals surface area contributed by atoms with E-state index >= 15 is 0 Å². The fourth-order valence-corrected chi connectivity index (χ4v) is 4.95. The van der Waals surface area contributed by atoms with Crippen molar-refractivity contribution >= 4 is 27.5 Å². The van der Waals surface area contributed by atoms with Crippen LogP contribution in [0.4, 0.5) is 5.69 Å². The Bertz CT molecular complexity index is 848. The summed E-state index contributed by atoms with van der Waals surface area (Å²) in [5.41, 5.74) is 5.77. The molecule has 0 aromatic heterocycles. The minimum Gasteiger partial charge on any atom is -0.493 e. The molecule has 1 heterocycles. The number of hydrogen-bond donors (Lipinski definition) is 2. The third-order valence-corrected chi connectivity index (χ3v) is 6.98. The molecule has 0 spiro atoms. The number of hydrogen-bond acceptors (Lipinski definition) is 6. The molecule has 0 unspecified atom stereocenters. The third kappa shape index (κ3) is 5.60. The molecule has 2 rings (SSSR count). The van der Waals surface area contributed by atoms with Gasteiger partial charge in [-0.1, -0.05) is 13.3 Å². The molecule has 1 aliphatic heterocycles. The zero-order chi connectivity index (χ0) is 21.6. The van der Waals surface area contributed by atoms with Gasteiger partial charge in [0.15, 0.2) is 11.5 Å². The summed E-state index contributed by atoms with van der Waals surface area (Å²) in [4.78, 5) is 24.5. The van der Waals surface area contributed by atoms with E-state index in [0.29, 0.717) is 43.9 Å². The summed E-state index contributed by atoms with van der Waals surface area (Å²) >= 11 is 0. The molecule has 0 atom stereocenters. The van der Waals surface area contributed by atoms with Crippen LogP contribution in [0, 0.1) is 5.92 Å². The van der Waals surface area contributed by atoms with Crippen LogP contribution in [-0.2, 0) is 14.8 Å². The van der Waals surface area contributed by atoms with Crippen molar-refractivity contribution in [2.24, 2.45) is 11.7 Å². The van der Waals surface area contributed by atoms with Crippen LogP contribution in [0.1, 0.15) is 43.0 Å². The number of unbranched alkanes of at least 4 members (excludes halogenated alkanes) is 1. The highest BCUT2D eigenvalue weighted by Gasteiger charge is 2.31. The first-order chi connectivity index (χ1) is 13.7. The van der Waals surface area contributed by atoms with E-state index in [2.05, 4.69) is 5.32 Å². The van der Waals surface area contributed by atoms with E-state index in [-0.39, 0.29) is 28.8 Å². The summed E-state index contributed by atoms with van der Waals surface area (Å²) in [5.74, 6) is -0.548. The summed E-state index contributed by atoms with van der Waals surface area (Å²) < 4.78 is 36.5. The second kappa shape index (κ2) is 9.93. The lowest BCUT2D eigenvalue weighted by Gasteiger charge is -2.30. The molecule has 1 aromatic carbocycles. The van der Waals surface area contributed by atoms with Crippen LogP contribution in [-0.4, -0.2) is 57.6 Å². The van der Waals surface area contributed by atoms with Gasteiger partial charge in [-0.05, 0) is 25.3 Å². The number of nitrogens with two attached hydrogens (primary N) is 1. The van der Waals surface area contributed by atoms with Gasteiger partial charge in [0, 0.05) is 25.1 Å². The van der Waals surface area contributed by atoms with Gasteiger partial charge in [0.1, 0.15) is 0 Å². The average Bonchev–Trinajstić information content (AvgIpc) is 2.71. The summed E-state index contributed by atoms with van der Waals surface area (Å²) in [6, 6.07) is 2.90. The molecule has 162 valence electrons. The van der Waals surface area contributed by atoms with E-state index in [1.54, 1.807) is 0 Å². The van der Waals surface area contributed by atoms with Gasteiger partial charge in [-0.3, -0.25) is 9.59 Å². The van der Waals surface area contributed by atoms with Gasteiger partial charge in [-0.2, -0.15) is 0 Å². The van der Waals surface area contributed by atoms with Gasteiger partial charge in [-0.15, -0.1) is 0 Å². The van der Waals surface area contributed by atoms with Crippen molar-refractivity contribution in [3.63, 3.8) is 0 Å². The number of methoxy groups -OCH3 is 2. The van der Waals surface area contributed by atoms with Crippen LogP contribution in [0.3, 0.4) is 0 Å². The maximum absolute atomic E-state index is 12.7. The van der Waals surface area contributed by atoms with Gasteiger partial charge in [-0.25, -0.2) is 12.7 Å². The highest BCUT2D eigenvalue weighted by Crippen LogP contribution is 2.34. The fourth-order valence-electron chi connectivity index (χ4n) is 3.27. The standard InChI is InChI=1S/C19H29N3O6S/c1-4-5-10-29(25,26)22-8-6-13(7-9-22)19(24)21-15-12-17(28-3)16(27-2)11-14(15)18(20)23/h11-13H,4-10H2,1-3H3,(H2,20,23)(H,21,24). The van der Waals surface area contributed by atoms with Crippen molar-refractivity contribution in [2.75, 3.05) is 38.4 Å². The topological polar surface area (TPSA) is 128 Å². The zero-order valence-electron chi connectivity index (χ0n) is 17.1. The molecule has 2 amide bonds. The number of carbonyl (C=O) groups is 2. The molecular weight excluding hydrogens is 398 g/mol. The van der Waals surface area contributed by atoms with Crippen LogP contribution < -0.4 is 20.5 Å². The molecule has 1 aliphatic rings. The highest BCUT2D eigenvalue weighted by molar-refractivity contribution is 7.89. The number of carbonyl (C=O) groups excluding carboxylic acids is 2. The van der Waals surface area contributed by atoms with Crippen molar-refractivity contribution < 1.29 is 27.5 Å². The van der Waals surface area contributed by atoms with Crippen LogP contribution in [0.5, 0.6) is 11.5 Å². The molecular formula is C19H29N3O6S. The lowest BCUT2D eigenvalue weighted by atomic mass is 9.97. The Balaban J connectivity index is 2.09. The first-order valence-corrected chi connectivity index (χ1v) is 11.2. The molecule has 1 saturated heterocycles. The molecule has 0 radical (unpaired) electrons. The second-order valence-electron chi connectivity index (χ2n) is 6.95. The van der Waals surface area contributed by atoms with Gasteiger partial charge in [0.25, 0.3) is 5.91 Å². The predicted octanol–water partition coefficient (Wildman–Crippen LogP) is 1.58. The lowest BCUT2D eigenvalue weighted by Crippen LogP contribution is -2.42. The lowest BCUT2D eigenvalue weighted by molar-refractivity contribution is -0.120. The maximum atomic E-state index is 12.7. The largest absolute Gasteiger partial charge is 0.493 e. The number of benzene rings is 1. The molecule has 9 nitrogen and oxygen atoms in total. The fraction of sp³-hybridized carbons (Fsp3) is 0.579. The molecule has 1 fully saturated rings. The Morgan fingerprint density at radius 2 is 1.76 bits per heavy atom. The first kappa shape index (κ1) is 23.0. The summed E-state index contributed by atoms with van der Waals surface area (Å²) in [5, 5.41) is 2.73. The van der Waals surface area contributed by atoms with Gasteiger partial charge < -0.3 is 20.5 Å². The quantitative estimate of drug-likeness (QED) is 0.616. The molecule has 0 saturated carbocycles. The minimum absolute atomic E-state index is 0.107. The number of nitrogens with zero attached hydrogens (tertiary/aromatic N) is 1. The van der Waals surface area contributed by atoms with E-state index in [0.717, 1.165) is 6.42 Å². The number of rotatable bonds is 9. The van der Waals surface area contributed by atoms with Crippen molar-refractivity contribution in [3.05, 3.63) is 17.7 Å². The van der Waals surface area contributed by atoms with Crippen LogP contribution in [0.15, 0.2) is 12.1 Å². The first-order valence-electron chi connectivity index (χ1n) is 9.58. The van der Waals surface area contributed by atoms with E-state index in [4.69, 9.17) is 15.2 Å². The smallest absolute Gasteiger partial charge is 0.250 e. The Morgan fingerprint density at radius 1 is 1.17 bits per heavy atom. The Labute approximate surface area is 171 Å². The van der Waals surface area contributed by atoms with E-state index in [1.807, 2.05) is 6.92 Å². The molecule has 0 aliphatic carbocycles. The molecule has 1 aromatic rings. The number of primary amides is 1. The second-order valence-corrected chi connectivity index (χ2v) is 9.04. The Hall–Kier alpha value is -2.33. The van der Waals surface area contributed by atoms with E-state index in [1.165, 1.54) is 30.7 Å². The number of sulfonamides is 1. The number of piperidine rings is 1. The number of anilines is 1. The van der Waals surface area contributed by atoms with E-state index in [9.17, 15) is 18.0 Å². The Morgan fingerprint density at radius 3 is 2.28 bits per heavy atom. The van der Waals surface area contributed by atoms with Crippen molar-refractivity contribution in [3.8, 4) is 11.5 Å². The molecule has 0 bridgehead atoms. The number of nitrogens with one attached hydrogen (secondary N) is 1. The molecule has 29 heavy (non-hydrogen) atoms.